The van der Waals surface area contributed by atoms with Crippen molar-refractivity contribution in [2.24, 2.45) is 0 Å². The summed E-state index contributed by atoms with van der Waals surface area (Å²) >= 11 is 0. The zero-order valence-corrected chi connectivity index (χ0v) is 16.5. The molecule has 0 spiro atoms. The van der Waals surface area contributed by atoms with Crippen LogP contribution in [0.15, 0.2) is 30.3 Å². The number of halogens is 2. The molecule has 6 nitrogen and oxygen atoms in total. The summed E-state index contributed by atoms with van der Waals surface area (Å²) in [5, 5.41) is 2.71. The van der Waals surface area contributed by atoms with Gasteiger partial charge in [0.05, 0.1) is 27.4 Å². The average molecular weight is 394 g/mol. The molecule has 1 N–H and O–H groups in total. The summed E-state index contributed by atoms with van der Waals surface area (Å²) in [5.74, 6) is -0.752. The molecule has 152 valence electrons. The lowest BCUT2D eigenvalue weighted by Crippen LogP contribution is -2.35. The Morgan fingerprint density at radius 3 is 2.00 bits per heavy atom. The summed E-state index contributed by atoms with van der Waals surface area (Å²) in [5.41, 5.74) is 0.165. The minimum atomic E-state index is -0.688. The van der Waals surface area contributed by atoms with Crippen molar-refractivity contribution in [1.82, 2.24) is 10.2 Å². The van der Waals surface area contributed by atoms with E-state index in [0.29, 0.717) is 17.2 Å². The largest absolute Gasteiger partial charge is 0.493 e. The van der Waals surface area contributed by atoms with Crippen LogP contribution in [0.3, 0.4) is 0 Å². The van der Waals surface area contributed by atoms with Crippen LogP contribution in [0.5, 0.6) is 17.2 Å². The standard InChI is InChI=1S/C20H24F2N2O4/c1-24(2)15(18-13(21)7-6-8-14(18)22)11-23-20(25)12-9-16(26-3)19(28-5)17(10-12)27-4/h6-10,15H,11H2,1-5H3,(H,23,25). The van der Waals surface area contributed by atoms with E-state index in [0.717, 1.165) is 0 Å². The van der Waals surface area contributed by atoms with E-state index in [2.05, 4.69) is 5.32 Å². The minimum absolute atomic E-state index is 0.000344. The third kappa shape index (κ3) is 4.51. The van der Waals surface area contributed by atoms with Gasteiger partial charge >= 0.3 is 0 Å². The van der Waals surface area contributed by atoms with E-state index in [-0.39, 0.29) is 17.7 Å². The molecule has 0 aromatic heterocycles. The van der Waals surface area contributed by atoms with E-state index in [1.54, 1.807) is 19.0 Å². The third-order valence-corrected chi connectivity index (χ3v) is 4.34. The second-order valence-corrected chi connectivity index (χ2v) is 6.24. The van der Waals surface area contributed by atoms with Crippen LogP contribution in [0, 0.1) is 11.6 Å². The molecule has 1 atom stereocenters. The van der Waals surface area contributed by atoms with Crippen molar-refractivity contribution in [1.29, 1.82) is 0 Å². The number of likely N-dealkylation sites (N-methyl/N-ethyl adjacent to an activating group) is 1. The highest BCUT2D eigenvalue weighted by molar-refractivity contribution is 5.95. The van der Waals surface area contributed by atoms with Crippen molar-refractivity contribution in [2.45, 2.75) is 6.04 Å². The number of hydrogen-bond acceptors (Lipinski definition) is 5. The molecule has 0 radical (unpaired) electrons. The molecule has 2 aromatic carbocycles. The number of benzene rings is 2. The smallest absolute Gasteiger partial charge is 0.251 e. The molecule has 1 unspecified atom stereocenters. The summed E-state index contributed by atoms with van der Waals surface area (Å²) in [7, 11) is 7.72. The zero-order chi connectivity index (χ0) is 20.8. The monoisotopic (exact) mass is 394 g/mol. The molecular formula is C20H24F2N2O4. The second kappa shape index (κ2) is 9.36. The molecule has 0 saturated heterocycles. The van der Waals surface area contributed by atoms with Gasteiger partial charge in [-0.15, -0.1) is 0 Å². The summed E-state index contributed by atoms with van der Waals surface area (Å²) in [6, 6.07) is 6.00. The SMILES string of the molecule is COc1cc(C(=O)NCC(c2c(F)cccc2F)N(C)C)cc(OC)c1OC. The fourth-order valence-corrected chi connectivity index (χ4v) is 2.88. The molecule has 0 fully saturated rings. The van der Waals surface area contributed by atoms with Gasteiger partial charge in [-0.3, -0.25) is 4.79 Å². The van der Waals surface area contributed by atoms with Crippen molar-refractivity contribution in [3.8, 4) is 17.2 Å². The van der Waals surface area contributed by atoms with Gasteiger partial charge in [0.2, 0.25) is 5.75 Å². The Hall–Kier alpha value is -2.87. The highest BCUT2D eigenvalue weighted by atomic mass is 19.1. The topological polar surface area (TPSA) is 60.0 Å². The van der Waals surface area contributed by atoms with Crippen molar-refractivity contribution < 1.29 is 27.8 Å². The maximum absolute atomic E-state index is 14.2. The number of carbonyl (C=O) groups excluding carboxylic acids is 1. The molecule has 0 bridgehead atoms. The molecule has 0 heterocycles. The normalized spacial score (nSPS) is 11.9. The van der Waals surface area contributed by atoms with Gasteiger partial charge < -0.3 is 24.4 Å². The molecule has 1 amide bonds. The number of nitrogens with zero attached hydrogens (tertiary/aromatic N) is 1. The van der Waals surface area contributed by atoms with Crippen molar-refractivity contribution >= 4 is 5.91 Å². The second-order valence-electron chi connectivity index (χ2n) is 6.24. The molecule has 2 rings (SSSR count). The van der Waals surface area contributed by atoms with Crippen LogP contribution in [-0.4, -0.2) is 52.8 Å². The maximum atomic E-state index is 14.2. The first-order valence-corrected chi connectivity index (χ1v) is 8.52. The molecule has 2 aromatic rings. The van der Waals surface area contributed by atoms with Crippen LogP contribution in [0.4, 0.5) is 8.78 Å². The first kappa shape index (κ1) is 21.4. The number of hydrogen-bond donors (Lipinski definition) is 1. The molecule has 0 saturated carbocycles. The van der Waals surface area contributed by atoms with Gasteiger partial charge in [-0.1, -0.05) is 6.07 Å². The van der Waals surface area contributed by atoms with Gasteiger partial charge in [-0.2, -0.15) is 0 Å². The summed E-state index contributed by atoms with van der Waals surface area (Å²) < 4.78 is 44.0. The van der Waals surface area contributed by atoms with Gasteiger partial charge in [-0.05, 0) is 38.4 Å². The van der Waals surface area contributed by atoms with Crippen molar-refractivity contribution in [3.63, 3.8) is 0 Å². The maximum Gasteiger partial charge on any atom is 0.251 e. The summed E-state index contributed by atoms with van der Waals surface area (Å²) in [6.45, 7) is 0.000344. The number of amides is 1. The number of methoxy groups -OCH3 is 3. The molecule has 0 aliphatic rings. The Labute approximate surface area is 163 Å². The number of carbonyl (C=O) groups is 1. The Morgan fingerprint density at radius 2 is 1.57 bits per heavy atom. The Balaban J connectivity index is 2.26. The van der Waals surface area contributed by atoms with Gasteiger partial charge in [0.25, 0.3) is 5.91 Å². The van der Waals surface area contributed by atoms with Gasteiger partial charge in [0.1, 0.15) is 11.6 Å². The van der Waals surface area contributed by atoms with Crippen LogP contribution in [-0.2, 0) is 0 Å². The predicted octanol–water partition coefficient (Wildman–Crippen LogP) is 3.02. The average Bonchev–Trinajstić information content (AvgIpc) is 2.68. The fraction of sp³-hybridized carbons (Fsp3) is 0.350. The highest BCUT2D eigenvalue weighted by Gasteiger charge is 2.24. The van der Waals surface area contributed by atoms with Crippen molar-refractivity contribution in [3.05, 3.63) is 53.1 Å². The van der Waals surface area contributed by atoms with Gasteiger partial charge in [-0.25, -0.2) is 8.78 Å². The van der Waals surface area contributed by atoms with E-state index in [1.165, 1.54) is 51.7 Å². The fourth-order valence-electron chi connectivity index (χ4n) is 2.88. The lowest BCUT2D eigenvalue weighted by molar-refractivity contribution is 0.0940. The van der Waals surface area contributed by atoms with E-state index in [9.17, 15) is 13.6 Å². The number of rotatable bonds is 8. The first-order chi connectivity index (χ1) is 13.3. The van der Waals surface area contributed by atoms with E-state index in [1.807, 2.05) is 0 Å². The lowest BCUT2D eigenvalue weighted by Gasteiger charge is -2.26. The minimum Gasteiger partial charge on any atom is -0.493 e. The van der Waals surface area contributed by atoms with Crippen LogP contribution >= 0.6 is 0 Å². The van der Waals surface area contributed by atoms with Crippen LogP contribution < -0.4 is 19.5 Å². The molecule has 0 aliphatic carbocycles. The highest BCUT2D eigenvalue weighted by Crippen LogP contribution is 2.38. The molecule has 0 aliphatic heterocycles. The van der Waals surface area contributed by atoms with Crippen LogP contribution in [0.1, 0.15) is 22.0 Å². The summed E-state index contributed by atoms with van der Waals surface area (Å²) in [4.78, 5) is 14.3. The summed E-state index contributed by atoms with van der Waals surface area (Å²) in [6.07, 6.45) is 0. The third-order valence-electron chi connectivity index (χ3n) is 4.34. The van der Waals surface area contributed by atoms with E-state index in [4.69, 9.17) is 14.2 Å². The van der Waals surface area contributed by atoms with Crippen molar-refractivity contribution in [2.75, 3.05) is 42.0 Å². The molecule has 8 heteroatoms. The van der Waals surface area contributed by atoms with E-state index >= 15 is 0 Å². The Morgan fingerprint density at radius 1 is 1.04 bits per heavy atom. The van der Waals surface area contributed by atoms with E-state index < -0.39 is 23.6 Å². The lowest BCUT2D eigenvalue weighted by atomic mass is 10.0. The number of nitrogens with one attached hydrogen (secondary N) is 1. The van der Waals surface area contributed by atoms with Gasteiger partial charge in [0.15, 0.2) is 11.5 Å². The quantitative estimate of drug-likeness (QED) is 0.746. The van der Waals surface area contributed by atoms with Crippen LogP contribution in [0.25, 0.3) is 0 Å². The zero-order valence-electron chi connectivity index (χ0n) is 16.5. The molecule has 28 heavy (non-hydrogen) atoms. The Kier molecular flexibility index (Phi) is 7.17. The predicted molar refractivity (Wildman–Crippen MR) is 101 cm³/mol. The Bertz CT molecular complexity index is 798. The van der Waals surface area contributed by atoms with Gasteiger partial charge in [0, 0.05) is 17.7 Å². The van der Waals surface area contributed by atoms with Crippen LogP contribution in [0.2, 0.25) is 0 Å². The first-order valence-electron chi connectivity index (χ1n) is 8.52. The number of ether oxygens (including phenoxy) is 3. The molecular weight excluding hydrogens is 370 g/mol.